The Morgan fingerprint density at radius 2 is 2.15 bits per heavy atom. The lowest BCUT2D eigenvalue weighted by molar-refractivity contribution is -0.141. The highest BCUT2D eigenvalue weighted by atomic mass is 16.7. The van der Waals surface area contributed by atoms with E-state index in [9.17, 15) is 14.7 Å². The van der Waals surface area contributed by atoms with Gasteiger partial charge in [0.15, 0.2) is 23.1 Å². The molecule has 12 nitrogen and oxygen atoms in total. The average molecular weight is 456 g/mol. The van der Waals surface area contributed by atoms with Crippen molar-refractivity contribution in [2.24, 2.45) is 0 Å². The largest absolute Gasteiger partial charge is 0.477 e. The number of ether oxygens (including phenoxy) is 3. The van der Waals surface area contributed by atoms with Crippen LogP contribution < -0.4 is 19.9 Å². The minimum Gasteiger partial charge on any atom is -0.477 e. The molecule has 3 aliphatic rings. The standard InChI is InChI=1S/C21H24N6O6/c1-21(2)32-11-13(33-21)10-31-17-8-22-16(7-23-17)25-20(30)27-12-5-6-26(9-12)15-4-3-14(19(28)29)24-18(15)27/h3-4,7-8,12-13H,5-6,9-11H2,1-2H3,(H,28,29)(H,22,25,30)/t12-,13+/m0/s1. The highest BCUT2D eigenvalue weighted by molar-refractivity contribution is 6.04. The van der Waals surface area contributed by atoms with E-state index in [1.165, 1.54) is 23.4 Å². The van der Waals surface area contributed by atoms with Gasteiger partial charge >= 0.3 is 12.0 Å². The van der Waals surface area contributed by atoms with E-state index in [2.05, 4.69) is 25.2 Å². The Morgan fingerprint density at radius 1 is 1.30 bits per heavy atom. The first-order valence-electron chi connectivity index (χ1n) is 10.7. The molecule has 0 saturated carbocycles. The predicted molar refractivity (Wildman–Crippen MR) is 116 cm³/mol. The van der Waals surface area contributed by atoms with Crippen molar-refractivity contribution in [3.8, 4) is 5.88 Å². The third-order valence-corrected chi connectivity index (χ3v) is 5.74. The molecule has 2 atom stereocenters. The van der Waals surface area contributed by atoms with Crippen LogP contribution in [0.25, 0.3) is 0 Å². The number of amides is 2. The summed E-state index contributed by atoms with van der Waals surface area (Å²) in [5.41, 5.74) is 0.621. The summed E-state index contributed by atoms with van der Waals surface area (Å²) in [6, 6.07) is 2.59. The summed E-state index contributed by atoms with van der Waals surface area (Å²) in [5, 5.41) is 12.0. The van der Waals surface area contributed by atoms with E-state index in [0.29, 0.717) is 24.8 Å². The number of pyridine rings is 1. The topological polar surface area (TPSA) is 139 Å². The molecule has 0 aliphatic carbocycles. The van der Waals surface area contributed by atoms with Gasteiger partial charge in [0.1, 0.15) is 12.7 Å². The Hall–Kier alpha value is -3.51. The Balaban J connectivity index is 1.26. The number of nitrogens with zero attached hydrogens (tertiary/aromatic N) is 5. The van der Waals surface area contributed by atoms with Gasteiger partial charge in [-0.2, -0.15) is 0 Å². The fourth-order valence-corrected chi connectivity index (χ4v) is 4.24. The fourth-order valence-electron chi connectivity index (χ4n) is 4.24. The highest BCUT2D eigenvalue weighted by Gasteiger charge is 2.40. The van der Waals surface area contributed by atoms with Gasteiger partial charge in [-0.1, -0.05) is 0 Å². The van der Waals surface area contributed by atoms with E-state index in [-0.39, 0.29) is 30.3 Å². The van der Waals surface area contributed by atoms with Crippen LogP contribution in [-0.4, -0.2) is 76.3 Å². The third kappa shape index (κ3) is 4.26. The zero-order chi connectivity index (χ0) is 23.2. The summed E-state index contributed by atoms with van der Waals surface area (Å²) in [5.74, 6) is -0.910. The molecular formula is C21H24N6O6. The Kier molecular flexibility index (Phi) is 5.25. The molecule has 0 radical (unpaired) electrons. The average Bonchev–Trinajstić information content (AvgIpc) is 3.36. The summed E-state index contributed by atoms with van der Waals surface area (Å²) < 4.78 is 16.8. The first-order valence-corrected chi connectivity index (χ1v) is 10.7. The number of hydrogen-bond acceptors (Lipinski definition) is 9. The van der Waals surface area contributed by atoms with Crippen LogP contribution in [0, 0.1) is 0 Å². The molecule has 2 amide bonds. The van der Waals surface area contributed by atoms with Gasteiger partial charge in [0.2, 0.25) is 5.88 Å². The second-order valence-electron chi connectivity index (χ2n) is 8.53. The zero-order valence-corrected chi connectivity index (χ0v) is 18.2. The third-order valence-electron chi connectivity index (χ3n) is 5.74. The molecule has 2 aromatic heterocycles. The van der Waals surface area contributed by atoms with Gasteiger partial charge in [-0.15, -0.1) is 0 Å². The normalized spacial score (nSPS) is 22.7. The number of carboxylic acid groups (broad SMARTS) is 1. The van der Waals surface area contributed by atoms with E-state index in [1.807, 2.05) is 13.8 Å². The molecule has 5 rings (SSSR count). The molecule has 174 valence electrons. The number of urea groups is 1. The van der Waals surface area contributed by atoms with Crippen molar-refractivity contribution in [2.75, 3.05) is 41.4 Å². The Morgan fingerprint density at radius 3 is 2.85 bits per heavy atom. The monoisotopic (exact) mass is 456 g/mol. The number of fused-ring (bicyclic) bond motifs is 4. The van der Waals surface area contributed by atoms with Crippen LogP contribution in [0.15, 0.2) is 24.5 Å². The van der Waals surface area contributed by atoms with Crippen LogP contribution in [0.2, 0.25) is 0 Å². The number of aromatic nitrogens is 3. The van der Waals surface area contributed by atoms with Crippen LogP contribution in [0.5, 0.6) is 5.88 Å². The zero-order valence-electron chi connectivity index (χ0n) is 18.2. The van der Waals surface area contributed by atoms with Crippen molar-refractivity contribution >= 4 is 29.3 Å². The van der Waals surface area contributed by atoms with E-state index in [4.69, 9.17) is 14.2 Å². The van der Waals surface area contributed by atoms with Gasteiger partial charge < -0.3 is 24.2 Å². The van der Waals surface area contributed by atoms with Crippen LogP contribution in [0.4, 0.5) is 22.1 Å². The number of rotatable bonds is 5. The lowest BCUT2D eigenvalue weighted by Crippen LogP contribution is -2.48. The molecule has 0 aromatic carbocycles. The minimum absolute atomic E-state index is 0.109. The van der Waals surface area contributed by atoms with Gasteiger partial charge in [0.25, 0.3) is 0 Å². The second-order valence-corrected chi connectivity index (χ2v) is 8.53. The quantitative estimate of drug-likeness (QED) is 0.684. The predicted octanol–water partition coefficient (Wildman–Crippen LogP) is 1.73. The van der Waals surface area contributed by atoms with Gasteiger partial charge in [0, 0.05) is 13.1 Å². The molecule has 12 heteroatoms. The van der Waals surface area contributed by atoms with E-state index >= 15 is 0 Å². The molecule has 33 heavy (non-hydrogen) atoms. The number of anilines is 3. The summed E-state index contributed by atoms with van der Waals surface area (Å²) in [6.07, 6.45) is 3.37. The lowest BCUT2D eigenvalue weighted by Gasteiger charge is -2.35. The molecular weight excluding hydrogens is 432 g/mol. The van der Waals surface area contributed by atoms with Crippen LogP contribution in [-0.2, 0) is 9.47 Å². The van der Waals surface area contributed by atoms with E-state index < -0.39 is 17.8 Å². The molecule has 0 spiro atoms. The maximum atomic E-state index is 13.1. The van der Waals surface area contributed by atoms with Gasteiger partial charge in [-0.3, -0.25) is 10.2 Å². The van der Waals surface area contributed by atoms with Gasteiger partial charge in [0.05, 0.1) is 30.7 Å². The minimum atomic E-state index is -1.15. The van der Waals surface area contributed by atoms with Crippen LogP contribution in [0.1, 0.15) is 30.8 Å². The SMILES string of the molecule is CC1(C)OC[C@@H](COc2cnc(NC(=O)N3c4nc(C(=O)O)ccc4N4CC[C@H]3C4)cn2)O1. The van der Waals surface area contributed by atoms with Gasteiger partial charge in [-0.25, -0.2) is 24.5 Å². The maximum absolute atomic E-state index is 13.1. The molecule has 2 N–H and O–H groups in total. The fraction of sp³-hybridized carbons (Fsp3) is 0.476. The number of carboxylic acids is 1. The van der Waals surface area contributed by atoms with Crippen LogP contribution >= 0.6 is 0 Å². The van der Waals surface area contributed by atoms with Crippen LogP contribution in [0.3, 0.4) is 0 Å². The summed E-state index contributed by atoms with van der Waals surface area (Å²) in [4.78, 5) is 40.8. The van der Waals surface area contributed by atoms with Crippen molar-refractivity contribution < 1.29 is 28.9 Å². The van der Waals surface area contributed by atoms with Crippen molar-refractivity contribution in [1.29, 1.82) is 0 Å². The lowest BCUT2D eigenvalue weighted by atomic mass is 10.2. The van der Waals surface area contributed by atoms with Crippen molar-refractivity contribution in [2.45, 2.75) is 38.2 Å². The number of carbonyl (C=O) groups is 2. The maximum Gasteiger partial charge on any atom is 0.354 e. The smallest absolute Gasteiger partial charge is 0.354 e. The number of hydrogen-bond donors (Lipinski definition) is 2. The molecule has 2 bridgehead atoms. The molecule has 2 aromatic rings. The van der Waals surface area contributed by atoms with E-state index in [1.54, 1.807) is 6.07 Å². The molecule has 2 saturated heterocycles. The molecule has 3 aliphatic heterocycles. The first kappa shape index (κ1) is 21.3. The molecule has 2 fully saturated rings. The van der Waals surface area contributed by atoms with E-state index in [0.717, 1.165) is 18.7 Å². The second kappa shape index (κ2) is 8.12. The summed E-state index contributed by atoms with van der Waals surface area (Å²) in [6.45, 7) is 5.81. The molecule has 5 heterocycles. The number of nitrogens with one attached hydrogen (secondary N) is 1. The first-order chi connectivity index (χ1) is 15.8. The Bertz CT molecular complexity index is 1080. The Labute approximate surface area is 189 Å². The van der Waals surface area contributed by atoms with Crippen molar-refractivity contribution in [3.05, 3.63) is 30.2 Å². The van der Waals surface area contributed by atoms with Crippen molar-refractivity contribution in [1.82, 2.24) is 15.0 Å². The summed E-state index contributed by atoms with van der Waals surface area (Å²) in [7, 11) is 0. The summed E-state index contributed by atoms with van der Waals surface area (Å²) >= 11 is 0. The number of aromatic carboxylic acids is 1. The molecule has 0 unspecified atom stereocenters. The highest BCUT2D eigenvalue weighted by Crippen LogP contribution is 2.39. The van der Waals surface area contributed by atoms with Gasteiger partial charge in [-0.05, 0) is 32.4 Å². The van der Waals surface area contributed by atoms with Crippen molar-refractivity contribution in [3.63, 3.8) is 0 Å². The number of carbonyl (C=O) groups excluding carboxylic acids is 1.